The summed E-state index contributed by atoms with van der Waals surface area (Å²) in [4.78, 5) is 6.72. The van der Waals surface area contributed by atoms with Gasteiger partial charge in [0.25, 0.3) is 0 Å². The first-order valence-electron chi connectivity index (χ1n) is 5.65. The maximum Gasteiger partial charge on any atom is 0.0910 e. The number of rotatable bonds is 8. The second kappa shape index (κ2) is 8.69. The van der Waals surface area contributed by atoms with Crippen LogP contribution in [0.2, 0.25) is 0 Å². The number of halogens is 2. The highest BCUT2D eigenvalue weighted by atomic mass is 79.9. The van der Waals surface area contributed by atoms with Crippen molar-refractivity contribution < 1.29 is 0 Å². The lowest BCUT2D eigenvalue weighted by molar-refractivity contribution is 0.209. The van der Waals surface area contributed by atoms with Crippen LogP contribution in [0.15, 0.2) is 24.8 Å². The van der Waals surface area contributed by atoms with E-state index in [-0.39, 0.29) is 0 Å². The molecule has 0 spiro atoms. The molecule has 0 bridgehead atoms. The first-order chi connectivity index (χ1) is 8.26. The monoisotopic (exact) mass is 366 g/mol. The Bertz CT molecular complexity index is 258. The minimum absolute atomic E-state index is 0.905. The van der Waals surface area contributed by atoms with E-state index >= 15 is 0 Å². The number of alkyl halides is 2. The van der Waals surface area contributed by atoms with Crippen molar-refractivity contribution in [2.75, 3.05) is 44.1 Å². The molecule has 0 amide bonds. The van der Waals surface area contributed by atoms with Gasteiger partial charge < -0.3 is 20.0 Å². The zero-order chi connectivity index (χ0) is 12.5. The van der Waals surface area contributed by atoms with Crippen LogP contribution in [0, 0.1) is 0 Å². The molecule has 0 saturated carbocycles. The normalized spacial score (nSPS) is 15.0. The van der Waals surface area contributed by atoms with Gasteiger partial charge in [0.15, 0.2) is 0 Å². The van der Waals surface area contributed by atoms with E-state index in [1.165, 1.54) is 0 Å². The minimum atomic E-state index is 0.905. The second-order valence-corrected chi connectivity index (χ2v) is 5.47. The summed E-state index contributed by atoms with van der Waals surface area (Å²) in [5.74, 6) is 0. The van der Waals surface area contributed by atoms with Crippen LogP contribution in [0.1, 0.15) is 0 Å². The summed E-state index contributed by atoms with van der Waals surface area (Å²) >= 11 is 6.82. The Morgan fingerprint density at radius 1 is 1.29 bits per heavy atom. The van der Waals surface area contributed by atoms with Crippen molar-refractivity contribution in [3.63, 3.8) is 0 Å². The first kappa shape index (κ1) is 14.7. The number of nitrogens with one attached hydrogen (secondary N) is 1. The molecule has 0 aliphatic carbocycles. The van der Waals surface area contributed by atoms with E-state index in [1.807, 2.05) is 6.20 Å². The first-order valence-corrected chi connectivity index (χ1v) is 7.89. The zero-order valence-corrected chi connectivity index (χ0v) is 13.3. The lowest BCUT2D eigenvalue weighted by Crippen LogP contribution is -2.33. The summed E-state index contributed by atoms with van der Waals surface area (Å²) in [6, 6.07) is 0. The summed E-state index contributed by atoms with van der Waals surface area (Å²) in [5, 5.41) is 5.18. The molecular formula is C11H20Br2N4. The number of hydrogen-bond donors (Lipinski definition) is 1. The second-order valence-electron chi connectivity index (χ2n) is 3.89. The van der Waals surface area contributed by atoms with E-state index < -0.39 is 0 Å². The van der Waals surface area contributed by atoms with E-state index in [0.717, 1.165) is 37.1 Å². The SMILES string of the molecule is CN(/C=C\NCCBr)CN1C=CN(CCBr)C1. The van der Waals surface area contributed by atoms with Crippen LogP contribution in [0.5, 0.6) is 0 Å². The molecule has 1 heterocycles. The highest BCUT2D eigenvalue weighted by molar-refractivity contribution is 9.09. The van der Waals surface area contributed by atoms with Crippen LogP contribution in [0.3, 0.4) is 0 Å². The highest BCUT2D eigenvalue weighted by Gasteiger charge is 2.11. The molecule has 6 heteroatoms. The van der Waals surface area contributed by atoms with E-state index in [9.17, 15) is 0 Å². The Kier molecular flexibility index (Phi) is 7.51. The van der Waals surface area contributed by atoms with Crippen molar-refractivity contribution in [3.05, 3.63) is 24.8 Å². The van der Waals surface area contributed by atoms with Crippen LogP contribution in [-0.4, -0.2) is 58.8 Å². The number of nitrogens with zero attached hydrogens (tertiary/aromatic N) is 3. The smallest absolute Gasteiger partial charge is 0.0910 e. The third-order valence-corrected chi connectivity index (χ3v) is 3.06. The van der Waals surface area contributed by atoms with Crippen LogP contribution in [0.25, 0.3) is 0 Å². The minimum Gasteiger partial charge on any atom is -0.389 e. The average Bonchev–Trinajstić information content (AvgIpc) is 2.73. The van der Waals surface area contributed by atoms with Gasteiger partial charge in [-0.15, -0.1) is 0 Å². The van der Waals surface area contributed by atoms with Gasteiger partial charge in [0.05, 0.1) is 13.3 Å². The van der Waals surface area contributed by atoms with Gasteiger partial charge in [-0.1, -0.05) is 31.9 Å². The van der Waals surface area contributed by atoms with Crippen LogP contribution < -0.4 is 5.32 Å². The molecule has 4 nitrogen and oxygen atoms in total. The van der Waals surface area contributed by atoms with E-state index in [1.54, 1.807) is 0 Å². The summed E-state index contributed by atoms with van der Waals surface area (Å²) in [6.45, 7) is 3.88. The molecular weight excluding hydrogens is 348 g/mol. The topological polar surface area (TPSA) is 21.8 Å². The Morgan fingerprint density at radius 2 is 2.06 bits per heavy atom. The van der Waals surface area contributed by atoms with Gasteiger partial charge in [0, 0.05) is 55.6 Å². The van der Waals surface area contributed by atoms with Gasteiger partial charge in [-0.2, -0.15) is 0 Å². The summed E-state index contributed by atoms with van der Waals surface area (Å²) in [5.41, 5.74) is 0. The van der Waals surface area contributed by atoms with Crippen LogP contribution in [-0.2, 0) is 0 Å². The van der Waals surface area contributed by atoms with Crippen molar-refractivity contribution in [3.8, 4) is 0 Å². The molecule has 1 rings (SSSR count). The van der Waals surface area contributed by atoms with Crippen molar-refractivity contribution >= 4 is 31.9 Å². The summed E-state index contributed by atoms with van der Waals surface area (Å²) in [6.07, 6.45) is 8.32. The summed E-state index contributed by atoms with van der Waals surface area (Å²) in [7, 11) is 2.08. The molecule has 0 aromatic rings. The number of hydrogen-bond acceptors (Lipinski definition) is 4. The molecule has 0 aromatic heterocycles. The fourth-order valence-electron chi connectivity index (χ4n) is 1.51. The van der Waals surface area contributed by atoms with Gasteiger partial charge in [0.1, 0.15) is 0 Å². The van der Waals surface area contributed by atoms with Gasteiger partial charge in [0.2, 0.25) is 0 Å². The van der Waals surface area contributed by atoms with Gasteiger partial charge >= 0.3 is 0 Å². The molecule has 0 unspecified atom stereocenters. The van der Waals surface area contributed by atoms with Gasteiger partial charge in [-0.25, -0.2) is 0 Å². The Balaban J connectivity index is 2.17. The molecule has 98 valence electrons. The molecule has 0 aromatic carbocycles. The van der Waals surface area contributed by atoms with Crippen molar-refractivity contribution in [2.24, 2.45) is 0 Å². The molecule has 17 heavy (non-hydrogen) atoms. The molecule has 0 saturated heterocycles. The molecule has 1 N–H and O–H groups in total. The van der Waals surface area contributed by atoms with Crippen molar-refractivity contribution in [2.45, 2.75) is 0 Å². The predicted octanol–water partition coefficient (Wildman–Crippen LogP) is 1.77. The van der Waals surface area contributed by atoms with Gasteiger partial charge in [-0.05, 0) is 0 Å². The summed E-state index contributed by atoms with van der Waals surface area (Å²) < 4.78 is 0. The Hall–Kier alpha value is -0.360. The highest BCUT2D eigenvalue weighted by Crippen LogP contribution is 2.07. The third kappa shape index (κ3) is 6.21. The fourth-order valence-corrected chi connectivity index (χ4v) is 2.20. The molecule has 0 atom stereocenters. The van der Waals surface area contributed by atoms with Crippen molar-refractivity contribution in [1.82, 2.24) is 20.0 Å². The van der Waals surface area contributed by atoms with Crippen LogP contribution in [0.4, 0.5) is 0 Å². The van der Waals surface area contributed by atoms with E-state index in [0.29, 0.717) is 0 Å². The lowest BCUT2D eigenvalue weighted by Gasteiger charge is -2.25. The Morgan fingerprint density at radius 3 is 2.76 bits per heavy atom. The fraction of sp³-hybridized carbons (Fsp3) is 0.636. The lowest BCUT2D eigenvalue weighted by atomic mass is 10.6. The van der Waals surface area contributed by atoms with Crippen LogP contribution >= 0.6 is 31.9 Å². The predicted molar refractivity (Wildman–Crippen MR) is 79.9 cm³/mol. The Labute approximate surface area is 121 Å². The third-order valence-electron chi connectivity index (χ3n) is 2.31. The standard InChI is InChI=1S/C11H20Br2N4/c1-15(7-5-14-4-2-12)10-17-9-8-16(11-17)6-3-13/h5,7-9,14H,2-4,6,10-11H2,1H3/b7-5-. The van der Waals surface area contributed by atoms with Gasteiger partial charge in [-0.3, -0.25) is 0 Å². The largest absolute Gasteiger partial charge is 0.389 e. The molecule has 0 radical (unpaired) electrons. The zero-order valence-electron chi connectivity index (χ0n) is 10.1. The molecule has 0 fully saturated rings. The maximum absolute atomic E-state index is 3.45. The quantitative estimate of drug-likeness (QED) is 0.521. The molecule has 1 aliphatic rings. The molecule has 1 aliphatic heterocycles. The van der Waals surface area contributed by atoms with E-state index in [4.69, 9.17) is 0 Å². The maximum atomic E-state index is 3.45. The van der Waals surface area contributed by atoms with E-state index in [2.05, 4.69) is 77.5 Å². The van der Waals surface area contributed by atoms with Crippen molar-refractivity contribution in [1.29, 1.82) is 0 Å². The average molecular weight is 368 g/mol.